The molecule has 28 heavy (non-hydrogen) atoms. The van der Waals surface area contributed by atoms with E-state index in [2.05, 4.69) is 0 Å². The number of fused-ring (bicyclic) bond motifs is 1. The van der Waals surface area contributed by atoms with Crippen molar-refractivity contribution in [3.63, 3.8) is 0 Å². The van der Waals surface area contributed by atoms with Crippen LogP contribution in [0.3, 0.4) is 0 Å². The molecule has 3 aromatic rings. The van der Waals surface area contributed by atoms with Gasteiger partial charge in [0.05, 0.1) is 6.42 Å². The van der Waals surface area contributed by atoms with Crippen molar-refractivity contribution in [1.29, 1.82) is 0 Å². The van der Waals surface area contributed by atoms with Crippen LogP contribution in [0.1, 0.15) is 23.1 Å². The minimum Gasteiger partial charge on any atom is -0.461 e. The van der Waals surface area contributed by atoms with Crippen LogP contribution >= 0.6 is 11.6 Å². The van der Waals surface area contributed by atoms with Crippen molar-refractivity contribution in [2.75, 3.05) is 0 Å². The highest BCUT2D eigenvalue weighted by molar-refractivity contribution is 6.30. The normalized spacial score (nSPS) is 17.7. The van der Waals surface area contributed by atoms with Crippen LogP contribution in [0.5, 0.6) is 5.75 Å². The van der Waals surface area contributed by atoms with Gasteiger partial charge in [-0.2, -0.15) is 0 Å². The number of carbonyl (C=O) groups is 2. The Bertz CT molecular complexity index is 1020. The SMILES string of the molecule is O=C(CC1(c2ccccc2)C(=O)Oc2ccc(Cl)cc21)OCc1ccccc1. The molecule has 0 amide bonds. The van der Waals surface area contributed by atoms with Crippen molar-refractivity contribution >= 4 is 23.5 Å². The summed E-state index contributed by atoms with van der Waals surface area (Å²) in [5, 5.41) is 0.468. The largest absolute Gasteiger partial charge is 0.461 e. The highest BCUT2D eigenvalue weighted by Crippen LogP contribution is 2.47. The van der Waals surface area contributed by atoms with Crippen molar-refractivity contribution in [1.82, 2.24) is 0 Å². The Balaban J connectivity index is 1.69. The summed E-state index contributed by atoms with van der Waals surface area (Å²) in [6, 6.07) is 23.5. The van der Waals surface area contributed by atoms with Crippen LogP contribution in [0, 0.1) is 0 Å². The summed E-state index contributed by atoms with van der Waals surface area (Å²) in [5.74, 6) is -0.584. The molecule has 1 aliphatic heterocycles. The van der Waals surface area contributed by atoms with Gasteiger partial charge in [-0.05, 0) is 29.3 Å². The summed E-state index contributed by atoms with van der Waals surface area (Å²) >= 11 is 6.18. The summed E-state index contributed by atoms with van der Waals surface area (Å²) in [6.45, 7) is 0.141. The van der Waals surface area contributed by atoms with E-state index in [9.17, 15) is 9.59 Å². The number of rotatable bonds is 5. The number of esters is 2. The summed E-state index contributed by atoms with van der Waals surface area (Å²) in [7, 11) is 0. The lowest BCUT2D eigenvalue weighted by Gasteiger charge is -2.25. The Morgan fingerprint density at radius 2 is 1.64 bits per heavy atom. The quantitative estimate of drug-likeness (QED) is 0.467. The van der Waals surface area contributed by atoms with E-state index in [1.54, 1.807) is 18.2 Å². The minimum absolute atomic E-state index is 0.141. The second-order valence-corrected chi connectivity index (χ2v) is 7.06. The average molecular weight is 393 g/mol. The third-order valence-corrected chi connectivity index (χ3v) is 5.11. The van der Waals surface area contributed by atoms with Gasteiger partial charge in [0, 0.05) is 10.6 Å². The molecule has 4 nitrogen and oxygen atoms in total. The van der Waals surface area contributed by atoms with Crippen molar-refractivity contribution < 1.29 is 19.1 Å². The van der Waals surface area contributed by atoms with Crippen molar-refractivity contribution in [2.24, 2.45) is 0 Å². The van der Waals surface area contributed by atoms with E-state index in [0.717, 1.165) is 5.56 Å². The van der Waals surface area contributed by atoms with E-state index in [1.165, 1.54) is 0 Å². The first-order valence-electron chi connectivity index (χ1n) is 8.87. The molecule has 1 aliphatic rings. The average Bonchev–Trinajstić information content (AvgIpc) is 3.00. The molecule has 4 rings (SSSR count). The van der Waals surface area contributed by atoms with Gasteiger partial charge < -0.3 is 9.47 Å². The predicted molar refractivity (Wildman–Crippen MR) is 105 cm³/mol. The second-order valence-electron chi connectivity index (χ2n) is 6.62. The number of carbonyl (C=O) groups excluding carboxylic acids is 2. The highest BCUT2D eigenvalue weighted by atomic mass is 35.5. The predicted octanol–water partition coefficient (Wildman–Crippen LogP) is 4.68. The molecule has 0 aliphatic carbocycles. The summed E-state index contributed by atoms with van der Waals surface area (Å²) < 4.78 is 10.9. The minimum atomic E-state index is -1.28. The molecule has 0 bridgehead atoms. The first-order valence-corrected chi connectivity index (χ1v) is 9.25. The maximum atomic E-state index is 13.0. The Kier molecular flexibility index (Phi) is 4.88. The van der Waals surface area contributed by atoms with E-state index < -0.39 is 17.4 Å². The number of hydrogen-bond donors (Lipinski definition) is 0. The molecular weight excluding hydrogens is 376 g/mol. The molecule has 0 fully saturated rings. The Morgan fingerprint density at radius 3 is 2.36 bits per heavy atom. The van der Waals surface area contributed by atoms with Gasteiger partial charge in [0.15, 0.2) is 0 Å². The number of halogens is 1. The summed E-state index contributed by atoms with van der Waals surface area (Å²) in [5.41, 5.74) is 0.836. The lowest BCUT2D eigenvalue weighted by atomic mass is 9.73. The fourth-order valence-electron chi connectivity index (χ4n) is 3.49. The molecular formula is C23H17ClO4. The molecule has 140 valence electrons. The fourth-order valence-corrected chi connectivity index (χ4v) is 3.66. The van der Waals surface area contributed by atoms with E-state index in [0.29, 0.717) is 21.9 Å². The fraction of sp³-hybridized carbons (Fsp3) is 0.130. The Hall–Kier alpha value is -3.11. The molecule has 1 atom stereocenters. The maximum absolute atomic E-state index is 13.0. The van der Waals surface area contributed by atoms with E-state index in [1.807, 2.05) is 60.7 Å². The highest BCUT2D eigenvalue weighted by Gasteiger charge is 2.52. The lowest BCUT2D eigenvalue weighted by molar-refractivity contribution is -0.150. The van der Waals surface area contributed by atoms with Gasteiger partial charge in [0.2, 0.25) is 0 Å². The van der Waals surface area contributed by atoms with Crippen LogP contribution in [-0.2, 0) is 26.3 Å². The molecule has 1 heterocycles. The van der Waals surface area contributed by atoms with Crippen LogP contribution < -0.4 is 4.74 Å². The Labute approximate surface area is 167 Å². The van der Waals surface area contributed by atoms with Gasteiger partial charge in [-0.15, -0.1) is 0 Å². The Morgan fingerprint density at radius 1 is 0.964 bits per heavy atom. The van der Waals surface area contributed by atoms with Gasteiger partial charge in [-0.1, -0.05) is 72.3 Å². The second kappa shape index (κ2) is 7.49. The van der Waals surface area contributed by atoms with E-state index in [4.69, 9.17) is 21.1 Å². The molecule has 0 saturated heterocycles. The smallest absolute Gasteiger partial charge is 0.327 e. The third kappa shape index (κ3) is 3.27. The zero-order chi connectivity index (χ0) is 19.6. The van der Waals surface area contributed by atoms with Crippen molar-refractivity contribution in [3.8, 4) is 5.75 Å². The van der Waals surface area contributed by atoms with Crippen LogP contribution in [0.2, 0.25) is 5.02 Å². The first-order chi connectivity index (χ1) is 13.6. The third-order valence-electron chi connectivity index (χ3n) is 4.87. The molecule has 0 aromatic heterocycles. The van der Waals surface area contributed by atoms with Crippen LogP contribution in [0.4, 0.5) is 0 Å². The molecule has 3 aromatic carbocycles. The summed E-state index contributed by atoms with van der Waals surface area (Å²) in [6.07, 6.45) is -0.171. The maximum Gasteiger partial charge on any atom is 0.327 e. The molecule has 1 unspecified atom stereocenters. The van der Waals surface area contributed by atoms with Gasteiger partial charge in [-0.3, -0.25) is 9.59 Å². The monoisotopic (exact) mass is 392 g/mol. The van der Waals surface area contributed by atoms with Gasteiger partial charge >= 0.3 is 11.9 Å². The molecule has 0 N–H and O–H groups in total. The zero-order valence-corrected chi connectivity index (χ0v) is 15.7. The number of hydrogen-bond acceptors (Lipinski definition) is 4. The number of benzene rings is 3. The first kappa shape index (κ1) is 18.3. The number of ether oxygens (including phenoxy) is 2. The van der Waals surface area contributed by atoms with Crippen molar-refractivity contribution in [2.45, 2.75) is 18.4 Å². The standard InChI is InChI=1S/C23H17ClO4/c24-18-11-12-20-19(13-18)23(22(26)28-20,17-9-5-2-6-10-17)14-21(25)27-15-16-7-3-1-4-8-16/h1-13H,14-15H2. The molecule has 0 spiro atoms. The van der Waals surface area contributed by atoms with E-state index >= 15 is 0 Å². The summed E-state index contributed by atoms with van der Waals surface area (Å²) in [4.78, 5) is 25.7. The van der Waals surface area contributed by atoms with Crippen LogP contribution in [-0.4, -0.2) is 11.9 Å². The van der Waals surface area contributed by atoms with Gasteiger partial charge in [0.1, 0.15) is 17.8 Å². The van der Waals surface area contributed by atoms with E-state index in [-0.39, 0.29) is 13.0 Å². The lowest BCUT2D eigenvalue weighted by Crippen LogP contribution is -2.38. The van der Waals surface area contributed by atoms with Crippen molar-refractivity contribution in [3.05, 3.63) is 101 Å². The molecule has 0 saturated carbocycles. The van der Waals surface area contributed by atoms with Crippen LogP contribution in [0.15, 0.2) is 78.9 Å². The molecule has 0 radical (unpaired) electrons. The molecule has 5 heteroatoms. The van der Waals surface area contributed by atoms with Crippen LogP contribution in [0.25, 0.3) is 0 Å². The van der Waals surface area contributed by atoms with Gasteiger partial charge in [0.25, 0.3) is 0 Å². The zero-order valence-electron chi connectivity index (χ0n) is 14.9. The topological polar surface area (TPSA) is 52.6 Å². The van der Waals surface area contributed by atoms with Gasteiger partial charge in [-0.25, -0.2) is 0 Å².